The van der Waals surface area contributed by atoms with Gasteiger partial charge in [-0.1, -0.05) is 11.6 Å². The maximum absolute atomic E-state index is 12.0. The van der Waals surface area contributed by atoms with Crippen LogP contribution in [0.2, 0.25) is 5.02 Å². The number of aromatic carboxylic acids is 1. The Morgan fingerprint density at radius 1 is 1.35 bits per heavy atom. The lowest BCUT2D eigenvalue weighted by Gasteiger charge is -2.06. The van der Waals surface area contributed by atoms with Crippen LogP contribution in [0.5, 0.6) is 0 Å². The van der Waals surface area contributed by atoms with Gasteiger partial charge in [0, 0.05) is 13.0 Å². The third-order valence-electron chi connectivity index (χ3n) is 2.50. The van der Waals surface area contributed by atoms with E-state index in [9.17, 15) is 18.0 Å². The molecule has 0 atom stereocenters. The number of rotatable bonds is 6. The first-order valence-electron chi connectivity index (χ1n) is 5.80. The molecule has 0 bridgehead atoms. The van der Waals surface area contributed by atoms with Crippen molar-refractivity contribution in [3.8, 4) is 0 Å². The SMILES string of the molecule is CCNC(=O)CCS(=O)(=O)c1ccc(Cl)c(C(=O)O)c1. The van der Waals surface area contributed by atoms with Crippen LogP contribution in [0.3, 0.4) is 0 Å². The lowest BCUT2D eigenvalue weighted by Crippen LogP contribution is -2.25. The molecular weight excluding hydrogens is 306 g/mol. The number of sulfone groups is 1. The third kappa shape index (κ3) is 4.21. The molecule has 6 nitrogen and oxygen atoms in total. The average molecular weight is 320 g/mol. The summed E-state index contributed by atoms with van der Waals surface area (Å²) in [5.74, 6) is -2.07. The third-order valence-corrected chi connectivity index (χ3v) is 4.54. The van der Waals surface area contributed by atoms with Crippen LogP contribution >= 0.6 is 11.6 Å². The number of benzene rings is 1. The van der Waals surface area contributed by atoms with E-state index in [1.807, 2.05) is 0 Å². The fourth-order valence-corrected chi connectivity index (χ4v) is 2.95. The second-order valence-electron chi connectivity index (χ2n) is 3.97. The van der Waals surface area contributed by atoms with Crippen molar-refractivity contribution in [2.45, 2.75) is 18.2 Å². The van der Waals surface area contributed by atoms with Crippen molar-refractivity contribution in [2.24, 2.45) is 0 Å². The van der Waals surface area contributed by atoms with E-state index < -0.39 is 15.8 Å². The Bertz CT molecular complexity index is 627. The van der Waals surface area contributed by atoms with Crippen molar-refractivity contribution >= 4 is 33.3 Å². The first-order chi connectivity index (χ1) is 9.27. The Labute approximate surface area is 121 Å². The van der Waals surface area contributed by atoms with Crippen LogP contribution in [0.1, 0.15) is 23.7 Å². The summed E-state index contributed by atoms with van der Waals surface area (Å²) in [5.41, 5.74) is -0.286. The number of carboxylic acids is 1. The molecular formula is C12H14ClNO5S. The molecule has 1 aromatic rings. The van der Waals surface area contributed by atoms with Gasteiger partial charge in [-0.05, 0) is 25.1 Å². The second kappa shape index (κ2) is 6.71. The second-order valence-corrected chi connectivity index (χ2v) is 6.49. The highest BCUT2D eigenvalue weighted by Gasteiger charge is 2.19. The summed E-state index contributed by atoms with van der Waals surface area (Å²) in [6, 6.07) is 3.43. The van der Waals surface area contributed by atoms with Crippen molar-refractivity contribution in [3.63, 3.8) is 0 Å². The highest BCUT2D eigenvalue weighted by Crippen LogP contribution is 2.21. The Morgan fingerprint density at radius 2 is 2.00 bits per heavy atom. The predicted octanol–water partition coefficient (Wildman–Crippen LogP) is 1.34. The minimum absolute atomic E-state index is 0.0415. The normalized spacial score (nSPS) is 11.1. The van der Waals surface area contributed by atoms with Gasteiger partial charge in [0.05, 0.1) is 21.2 Å². The molecule has 1 amide bonds. The fourth-order valence-electron chi connectivity index (χ4n) is 1.49. The molecule has 20 heavy (non-hydrogen) atoms. The standard InChI is InChI=1S/C12H14ClNO5S/c1-2-14-11(15)5-6-20(18,19)8-3-4-10(13)9(7-8)12(16)17/h3-4,7H,2,5-6H2,1H3,(H,14,15)(H,16,17). The van der Waals surface area contributed by atoms with Crippen molar-refractivity contribution < 1.29 is 23.1 Å². The summed E-state index contributed by atoms with van der Waals surface area (Å²) in [6.07, 6.45) is -0.179. The molecule has 0 aliphatic rings. The van der Waals surface area contributed by atoms with Crippen LogP contribution in [0.25, 0.3) is 0 Å². The number of amides is 1. The van der Waals surface area contributed by atoms with E-state index in [1.165, 1.54) is 12.1 Å². The Morgan fingerprint density at radius 3 is 2.55 bits per heavy atom. The van der Waals surface area contributed by atoms with Gasteiger partial charge in [0.2, 0.25) is 5.91 Å². The number of nitrogens with one attached hydrogen (secondary N) is 1. The van der Waals surface area contributed by atoms with E-state index in [-0.39, 0.29) is 33.6 Å². The summed E-state index contributed by atoms with van der Waals surface area (Å²) in [7, 11) is -3.73. The van der Waals surface area contributed by atoms with Gasteiger partial charge in [0.15, 0.2) is 9.84 Å². The van der Waals surface area contributed by atoms with Gasteiger partial charge >= 0.3 is 5.97 Å². The van der Waals surface area contributed by atoms with Gasteiger partial charge in [-0.3, -0.25) is 4.79 Å². The van der Waals surface area contributed by atoms with Crippen LogP contribution in [-0.4, -0.2) is 37.7 Å². The predicted molar refractivity (Wildman–Crippen MR) is 73.8 cm³/mol. The monoisotopic (exact) mass is 319 g/mol. The van der Waals surface area contributed by atoms with Crippen LogP contribution in [0, 0.1) is 0 Å². The number of halogens is 1. The summed E-state index contributed by atoms with van der Waals surface area (Å²) in [6.45, 7) is 2.15. The summed E-state index contributed by atoms with van der Waals surface area (Å²) < 4.78 is 24.0. The Hall–Kier alpha value is -1.60. The van der Waals surface area contributed by atoms with E-state index in [0.29, 0.717) is 6.54 Å². The summed E-state index contributed by atoms with van der Waals surface area (Å²) in [5, 5.41) is 11.3. The highest BCUT2D eigenvalue weighted by molar-refractivity contribution is 7.91. The van der Waals surface area contributed by atoms with E-state index in [4.69, 9.17) is 16.7 Å². The summed E-state index contributed by atoms with van der Waals surface area (Å²) >= 11 is 5.67. The quantitative estimate of drug-likeness (QED) is 0.824. The van der Waals surface area contributed by atoms with E-state index in [2.05, 4.69) is 5.32 Å². The maximum Gasteiger partial charge on any atom is 0.337 e. The van der Waals surface area contributed by atoms with E-state index in [0.717, 1.165) is 6.07 Å². The molecule has 8 heteroatoms. The van der Waals surface area contributed by atoms with Gasteiger partial charge in [-0.25, -0.2) is 13.2 Å². The van der Waals surface area contributed by atoms with Crippen LogP contribution in [0.15, 0.2) is 23.1 Å². The lowest BCUT2D eigenvalue weighted by atomic mass is 10.2. The van der Waals surface area contributed by atoms with E-state index in [1.54, 1.807) is 6.92 Å². The lowest BCUT2D eigenvalue weighted by molar-refractivity contribution is -0.120. The molecule has 0 unspecified atom stereocenters. The first-order valence-corrected chi connectivity index (χ1v) is 7.83. The molecule has 110 valence electrons. The molecule has 1 rings (SSSR count). The molecule has 0 aliphatic carbocycles. The smallest absolute Gasteiger partial charge is 0.337 e. The van der Waals surface area contributed by atoms with Gasteiger partial charge in [-0.15, -0.1) is 0 Å². The molecule has 0 saturated heterocycles. The Balaban J connectivity index is 2.96. The molecule has 0 heterocycles. The van der Waals surface area contributed by atoms with Crippen molar-refractivity contribution in [2.75, 3.05) is 12.3 Å². The molecule has 0 spiro atoms. The molecule has 0 fully saturated rings. The minimum atomic E-state index is -3.73. The molecule has 0 aromatic heterocycles. The van der Waals surface area contributed by atoms with Crippen LogP contribution < -0.4 is 5.32 Å². The molecule has 0 saturated carbocycles. The van der Waals surface area contributed by atoms with Crippen LogP contribution in [0.4, 0.5) is 0 Å². The van der Waals surface area contributed by atoms with Crippen molar-refractivity contribution in [1.82, 2.24) is 5.32 Å². The van der Waals surface area contributed by atoms with E-state index >= 15 is 0 Å². The zero-order valence-corrected chi connectivity index (χ0v) is 12.3. The van der Waals surface area contributed by atoms with Gasteiger partial charge in [-0.2, -0.15) is 0 Å². The number of hydrogen-bond acceptors (Lipinski definition) is 4. The number of carbonyl (C=O) groups is 2. The number of carboxylic acid groups (broad SMARTS) is 1. The first kappa shape index (κ1) is 16.5. The zero-order chi connectivity index (χ0) is 15.3. The molecule has 2 N–H and O–H groups in total. The fraction of sp³-hybridized carbons (Fsp3) is 0.333. The minimum Gasteiger partial charge on any atom is -0.478 e. The number of carbonyl (C=O) groups excluding carboxylic acids is 1. The molecule has 0 radical (unpaired) electrons. The summed E-state index contributed by atoms with van der Waals surface area (Å²) in [4.78, 5) is 22.0. The van der Waals surface area contributed by atoms with Crippen LogP contribution in [-0.2, 0) is 14.6 Å². The zero-order valence-electron chi connectivity index (χ0n) is 10.7. The average Bonchev–Trinajstić information content (AvgIpc) is 2.37. The largest absolute Gasteiger partial charge is 0.478 e. The maximum atomic E-state index is 12.0. The van der Waals surface area contributed by atoms with Gasteiger partial charge in [0.25, 0.3) is 0 Å². The number of hydrogen-bond donors (Lipinski definition) is 2. The van der Waals surface area contributed by atoms with Crippen molar-refractivity contribution in [3.05, 3.63) is 28.8 Å². The van der Waals surface area contributed by atoms with Gasteiger partial charge in [0.1, 0.15) is 0 Å². The molecule has 1 aromatic carbocycles. The van der Waals surface area contributed by atoms with Crippen molar-refractivity contribution in [1.29, 1.82) is 0 Å². The highest BCUT2D eigenvalue weighted by atomic mass is 35.5. The van der Waals surface area contributed by atoms with Gasteiger partial charge < -0.3 is 10.4 Å². The Kier molecular flexibility index (Phi) is 5.52. The topological polar surface area (TPSA) is 101 Å². The molecule has 0 aliphatic heterocycles.